The molecule has 0 unspecified atom stereocenters. The van der Waals surface area contributed by atoms with Crippen molar-refractivity contribution >= 4 is 27.7 Å². The van der Waals surface area contributed by atoms with E-state index in [9.17, 15) is 13.2 Å². The number of hydrogen-bond donors (Lipinski definition) is 1. The third kappa shape index (κ3) is 4.88. The summed E-state index contributed by atoms with van der Waals surface area (Å²) in [6, 6.07) is 7.09. The predicted octanol–water partition coefficient (Wildman–Crippen LogP) is 1.38. The minimum atomic E-state index is -3.52. The van der Waals surface area contributed by atoms with Crippen LogP contribution in [0.4, 0.5) is 0 Å². The number of aromatic amines is 1. The van der Waals surface area contributed by atoms with Gasteiger partial charge in [-0.3, -0.25) is 9.89 Å². The molecule has 1 N–H and O–H groups in total. The van der Waals surface area contributed by atoms with E-state index in [1.807, 2.05) is 12.1 Å². The van der Waals surface area contributed by atoms with Crippen molar-refractivity contribution in [3.05, 3.63) is 36.2 Å². The molecular weight excluding hydrogens is 386 g/mol. The van der Waals surface area contributed by atoms with Crippen molar-refractivity contribution in [2.24, 2.45) is 0 Å². The SMILES string of the molecule is CCCc1ccc(S(=O)(=O)N2CCN(C(=O)CSc3ncn[nH]3)CC2)cc1. The molecule has 0 bridgehead atoms. The molecule has 1 aromatic heterocycles. The smallest absolute Gasteiger partial charge is 0.243 e. The molecule has 10 heteroatoms. The number of nitrogens with zero attached hydrogens (tertiary/aromatic N) is 4. The minimum Gasteiger partial charge on any atom is -0.339 e. The summed E-state index contributed by atoms with van der Waals surface area (Å²) >= 11 is 1.29. The van der Waals surface area contributed by atoms with Gasteiger partial charge in [0.05, 0.1) is 10.6 Å². The van der Waals surface area contributed by atoms with Crippen molar-refractivity contribution in [3.63, 3.8) is 0 Å². The maximum Gasteiger partial charge on any atom is 0.243 e. The van der Waals surface area contributed by atoms with Crippen LogP contribution in [0.3, 0.4) is 0 Å². The van der Waals surface area contributed by atoms with Crippen LogP contribution in [-0.4, -0.2) is 70.6 Å². The summed E-state index contributed by atoms with van der Waals surface area (Å²) in [5.74, 6) is 0.221. The van der Waals surface area contributed by atoms with Crippen molar-refractivity contribution in [1.82, 2.24) is 24.4 Å². The highest BCUT2D eigenvalue weighted by atomic mass is 32.2. The molecule has 0 saturated carbocycles. The number of carbonyl (C=O) groups excluding carboxylic acids is 1. The second-order valence-corrected chi connectivity index (χ2v) is 9.16. The Bertz CT molecular complexity index is 845. The van der Waals surface area contributed by atoms with E-state index in [2.05, 4.69) is 22.1 Å². The van der Waals surface area contributed by atoms with Gasteiger partial charge in [-0.1, -0.05) is 37.2 Å². The second-order valence-electron chi connectivity index (χ2n) is 6.26. The van der Waals surface area contributed by atoms with Crippen LogP contribution >= 0.6 is 11.8 Å². The highest BCUT2D eigenvalue weighted by molar-refractivity contribution is 7.99. The number of carbonyl (C=O) groups is 1. The molecule has 1 amide bonds. The predicted molar refractivity (Wildman–Crippen MR) is 103 cm³/mol. The van der Waals surface area contributed by atoms with Gasteiger partial charge in [-0.05, 0) is 24.1 Å². The van der Waals surface area contributed by atoms with Crippen LogP contribution in [0, 0.1) is 0 Å². The molecule has 1 aliphatic rings. The Kier molecular flexibility index (Phi) is 6.51. The van der Waals surface area contributed by atoms with Crippen molar-refractivity contribution in [2.45, 2.75) is 29.8 Å². The zero-order chi connectivity index (χ0) is 19.3. The Labute approximate surface area is 163 Å². The number of H-pyrrole nitrogens is 1. The van der Waals surface area contributed by atoms with E-state index >= 15 is 0 Å². The lowest BCUT2D eigenvalue weighted by Crippen LogP contribution is -2.50. The largest absolute Gasteiger partial charge is 0.339 e. The Hall–Kier alpha value is -1.91. The summed E-state index contributed by atoms with van der Waals surface area (Å²) in [5.41, 5.74) is 1.14. The van der Waals surface area contributed by atoms with E-state index < -0.39 is 10.0 Å². The number of aromatic nitrogens is 3. The van der Waals surface area contributed by atoms with Gasteiger partial charge in [0.15, 0.2) is 5.16 Å². The number of hydrogen-bond acceptors (Lipinski definition) is 6. The molecule has 2 heterocycles. The summed E-state index contributed by atoms with van der Waals surface area (Å²) in [6.45, 7) is 3.48. The lowest BCUT2D eigenvalue weighted by molar-refractivity contribution is -0.129. The molecule has 146 valence electrons. The highest BCUT2D eigenvalue weighted by Gasteiger charge is 2.30. The number of benzene rings is 1. The van der Waals surface area contributed by atoms with Gasteiger partial charge in [0.1, 0.15) is 6.33 Å². The van der Waals surface area contributed by atoms with Crippen LogP contribution in [-0.2, 0) is 21.2 Å². The number of piperazine rings is 1. The number of nitrogens with one attached hydrogen (secondary N) is 1. The maximum atomic E-state index is 12.8. The molecule has 1 aliphatic heterocycles. The molecule has 0 aliphatic carbocycles. The number of sulfonamides is 1. The maximum absolute atomic E-state index is 12.8. The van der Waals surface area contributed by atoms with Crippen molar-refractivity contribution in [3.8, 4) is 0 Å². The van der Waals surface area contributed by atoms with Crippen molar-refractivity contribution in [2.75, 3.05) is 31.9 Å². The average Bonchev–Trinajstić information content (AvgIpc) is 3.20. The van der Waals surface area contributed by atoms with E-state index in [4.69, 9.17) is 0 Å². The topological polar surface area (TPSA) is 99.3 Å². The highest BCUT2D eigenvalue weighted by Crippen LogP contribution is 2.19. The summed E-state index contributed by atoms with van der Waals surface area (Å²) in [4.78, 5) is 18.3. The third-order valence-corrected chi connectivity index (χ3v) is 7.19. The zero-order valence-electron chi connectivity index (χ0n) is 15.2. The molecule has 0 atom stereocenters. The molecule has 27 heavy (non-hydrogen) atoms. The zero-order valence-corrected chi connectivity index (χ0v) is 16.8. The molecule has 8 nitrogen and oxygen atoms in total. The third-order valence-electron chi connectivity index (χ3n) is 4.42. The summed E-state index contributed by atoms with van der Waals surface area (Å²) < 4.78 is 27.1. The van der Waals surface area contributed by atoms with E-state index in [0.29, 0.717) is 36.2 Å². The lowest BCUT2D eigenvalue weighted by Gasteiger charge is -2.34. The Morgan fingerprint density at radius 1 is 1.19 bits per heavy atom. The van der Waals surface area contributed by atoms with E-state index in [1.54, 1.807) is 17.0 Å². The Morgan fingerprint density at radius 2 is 1.89 bits per heavy atom. The minimum absolute atomic E-state index is 0.0302. The first-order chi connectivity index (χ1) is 13.0. The first kappa shape index (κ1) is 19.8. The van der Waals surface area contributed by atoms with Crippen LogP contribution < -0.4 is 0 Å². The first-order valence-electron chi connectivity index (χ1n) is 8.85. The lowest BCUT2D eigenvalue weighted by atomic mass is 10.1. The fourth-order valence-corrected chi connectivity index (χ4v) is 5.03. The van der Waals surface area contributed by atoms with Gasteiger partial charge in [0.2, 0.25) is 15.9 Å². The Morgan fingerprint density at radius 3 is 2.48 bits per heavy atom. The van der Waals surface area contributed by atoms with Gasteiger partial charge in [-0.15, -0.1) is 0 Å². The first-order valence-corrected chi connectivity index (χ1v) is 11.3. The number of thioether (sulfide) groups is 1. The Balaban J connectivity index is 1.55. The average molecular weight is 410 g/mol. The standard InChI is InChI=1S/C17H23N5O3S2/c1-2-3-14-4-6-15(7-5-14)27(24,25)22-10-8-21(9-11-22)16(23)12-26-17-18-13-19-20-17/h4-7,13H,2-3,8-12H2,1H3,(H,18,19,20). The van der Waals surface area contributed by atoms with Gasteiger partial charge in [-0.25, -0.2) is 13.4 Å². The molecule has 2 aromatic rings. The monoisotopic (exact) mass is 409 g/mol. The van der Waals surface area contributed by atoms with Crippen LogP contribution in [0.2, 0.25) is 0 Å². The van der Waals surface area contributed by atoms with Gasteiger partial charge in [0, 0.05) is 26.2 Å². The van der Waals surface area contributed by atoms with E-state index in [1.165, 1.54) is 22.4 Å². The number of amides is 1. The van der Waals surface area contributed by atoms with Crippen LogP contribution in [0.25, 0.3) is 0 Å². The summed E-state index contributed by atoms with van der Waals surface area (Å²) in [7, 11) is -3.52. The number of rotatable bonds is 7. The van der Waals surface area contributed by atoms with Gasteiger partial charge < -0.3 is 4.90 Å². The van der Waals surface area contributed by atoms with Crippen molar-refractivity contribution < 1.29 is 13.2 Å². The second kappa shape index (κ2) is 8.85. The summed E-state index contributed by atoms with van der Waals surface area (Å²) in [6.07, 6.45) is 3.36. The van der Waals surface area contributed by atoms with E-state index in [0.717, 1.165) is 18.4 Å². The molecule has 1 aromatic carbocycles. The van der Waals surface area contributed by atoms with Gasteiger partial charge >= 0.3 is 0 Å². The molecule has 3 rings (SSSR count). The summed E-state index contributed by atoms with van der Waals surface area (Å²) in [5, 5.41) is 7.03. The molecular formula is C17H23N5O3S2. The van der Waals surface area contributed by atoms with Gasteiger partial charge in [-0.2, -0.15) is 9.40 Å². The molecule has 1 saturated heterocycles. The fourth-order valence-electron chi connectivity index (χ4n) is 2.93. The van der Waals surface area contributed by atoms with Crippen LogP contribution in [0.1, 0.15) is 18.9 Å². The quantitative estimate of drug-likeness (QED) is 0.694. The van der Waals surface area contributed by atoms with Crippen molar-refractivity contribution in [1.29, 1.82) is 0 Å². The number of aryl methyl sites for hydroxylation is 1. The molecule has 0 radical (unpaired) electrons. The normalized spacial score (nSPS) is 15.8. The van der Waals surface area contributed by atoms with Crippen LogP contribution in [0.15, 0.2) is 40.6 Å². The van der Waals surface area contributed by atoms with Gasteiger partial charge in [0.25, 0.3) is 0 Å². The fraction of sp³-hybridized carbons (Fsp3) is 0.471. The van der Waals surface area contributed by atoms with E-state index in [-0.39, 0.29) is 11.7 Å². The van der Waals surface area contributed by atoms with Crippen LogP contribution in [0.5, 0.6) is 0 Å². The molecule has 0 spiro atoms. The molecule has 1 fully saturated rings.